The molecule has 130 valence electrons. The number of aromatic nitrogens is 2. The summed E-state index contributed by atoms with van der Waals surface area (Å²) < 4.78 is 26.1. The second-order valence-corrected chi connectivity index (χ2v) is 6.14. The number of rotatable bonds is 6. The van der Waals surface area contributed by atoms with Crippen molar-refractivity contribution in [2.45, 2.75) is 13.0 Å². The number of alkyl halides is 2. The Labute approximate surface area is 146 Å². The summed E-state index contributed by atoms with van der Waals surface area (Å²) in [6.45, 7) is -0.405. The molecule has 0 atom stereocenters. The van der Waals surface area contributed by atoms with E-state index in [0.717, 1.165) is 4.68 Å². The molecule has 0 saturated carbocycles. The van der Waals surface area contributed by atoms with Crippen LogP contribution in [0.25, 0.3) is 0 Å². The van der Waals surface area contributed by atoms with Crippen molar-refractivity contribution in [1.82, 2.24) is 14.7 Å². The molecule has 0 saturated heterocycles. The zero-order valence-corrected chi connectivity index (χ0v) is 14.5. The SMILES string of the molecule is CN(Cc1c(Cl)ccc(C(=O)c2c[nH]n(C)c2=O)c1Cl)CC(F)F. The van der Waals surface area contributed by atoms with E-state index >= 15 is 0 Å². The fourth-order valence-corrected chi connectivity index (χ4v) is 2.83. The predicted octanol–water partition coefficient (Wildman–Crippen LogP) is 2.95. The van der Waals surface area contributed by atoms with Crippen LogP contribution in [0.15, 0.2) is 23.1 Å². The number of hydrogen-bond acceptors (Lipinski definition) is 3. The fraction of sp³-hybridized carbons (Fsp3) is 0.333. The van der Waals surface area contributed by atoms with Crippen LogP contribution >= 0.6 is 23.2 Å². The number of hydrogen-bond donors (Lipinski definition) is 1. The molecule has 0 unspecified atom stereocenters. The molecule has 0 fully saturated rings. The average molecular weight is 378 g/mol. The van der Waals surface area contributed by atoms with Crippen LogP contribution in [-0.4, -0.2) is 40.5 Å². The minimum Gasteiger partial charge on any atom is -0.302 e. The lowest BCUT2D eigenvalue weighted by Crippen LogP contribution is -2.25. The molecule has 0 spiro atoms. The highest BCUT2D eigenvalue weighted by atomic mass is 35.5. The normalized spacial score (nSPS) is 11.5. The molecule has 0 aliphatic carbocycles. The van der Waals surface area contributed by atoms with Crippen molar-refractivity contribution < 1.29 is 13.6 Å². The maximum atomic E-state index is 12.5. The summed E-state index contributed by atoms with van der Waals surface area (Å²) in [5, 5.41) is 2.93. The Balaban J connectivity index is 2.39. The number of carbonyl (C=O) groups excluding carboxylic acids is 1. The first-order chi connectivity index (χ1) is 11.2. The van der Waals surface area contributed by atoms with Crippen molar-refractivity contribution in [2.75, 3.05) is 13.6 Å². The fourth-order valence-electron chi connectivity index (χ4n) is 2.26. The Morgan fingerprint density at radius 2 is 2.00 bits per heavy atom. The van der Waals surface area contributed by atoms with Gasteiger partial charge in [0, 0.05) is 35.9 Å². The maximum absolute atomic E-state index is 12.5. The summed E-state index contributed by atoms with van der Waals surface area (Å²) in [6, 6.07) is 2.87. The summed E-state index contributed by atoms with van der Waals surface area (Å²) in [6.07, 6.45) is -1.21. The van der Waals surface area contributed by atoms with E-state index < -0.39 is 24.3 Å². The van der Waals surface area contributed by atoms with E-state index in [9.17, 15) is 18.4 Å². The highest BCUT2D eigenvalue weighted by Crippen LogP contribution is 2.30. The molecule has 9 heteroatoms. The van der Waals surface area contributed by atoms with E-state index in [2.05, 4.69) is 5.10 Å². The summed E-state index contributed by atoms with van der Waals surface area (Å²) in [4.78, 5) is 25.8. The molecular formula is C15H15Cl2F2N3O2. The van der Waals surface area contributed by atoms with E-state index in [-0.39, 0.29) is 27.7 Å². The van der Waals surface area contributed by atoms with Gasteiger partial charge in [0.15, 0.2) is 0 Å². The van der Waals surface area contributed by atoms with Crippen molar-refractivity contribution in [1.29, 1.82) is 0 Å². The number of carbonyl (C=O) groups is 1. The van der Waals surface area contributed by atoms with E-state index in [0.29, 0.717) is 5.56 Å². The summed E-state index contributed by atoms with van der Waals surface area (Å²) >= 11 is 12.3. The smallest absolute Gasteiger partial charge is 0.277 e. The Morgan fingerprint density at radius 3 is 2.54 bits per heavy atom. The van der Waals surface area contributed by atoms with Crippen molar-refractivity contribution in [3.05, 3.63) is 55.4 Å². The quantitative estimate of drug-likeness (QED) is 0.787. The van der Waals surface area contributed by atoms with Crippen LogP contribution in [0.5, 0.6) is 0 Å². The molecule has 0 amide bonds. The first kappa shape index (κ1) is 18.6. The largest absolute Gasteiger partial charge is 0.302 e. The van der Waals surface area contributed by atoms with E-state index in [4.69, 9.17) is 23.2 Å². The molecule has 1 N–H and O–H groups in total. The molecule has 0 aliphatic rings. The minimum absolute atomic E-state index is 0.0499. The summed E-state index contributed by atoms with van der Waals surface area (Å²) in [7, 11) is 2.97. The van der Waals surface area contributed by atoms with Crippen molar-refractivity contribution in [3.63, 3.8) is 0 Å². The third-order valence-corrected chi connectivity index (χ3v) is 4.28. The van der Waals surface area contributed by atoms with Gasteiger partial charge in [-0.25, -0.2) is 8.78 Å². The van der Waals surface area contributed by atoms with Crippen LogP contribution in [0.3, 0.4) is 0 Å². The van der Waals surface area contributed by atoms with Gasteiger partial charge in [0.05, 0.1) is 11.6 Å². The lowest BCUT2D eigenvalue weighted by atomic mass is 10.0. The monoisotopic (exact) mass is 377 g/mol. The topological polar surface area (TPSA) is 58.1 Å². The molecule has 2 aromatic rings. The molecule has 0 radical (unpaired) electrons. The van der Waals surface area contributed by atoms with Gasteiger partial charge in [-0.15, -0.1) is 0 Å². The molecule has 1 aromatic carbocycles. The number of nitrogens with one attached hydrogen (secondary N) is 1. The Morgan fingerprint density at radius 1 is 1.33 bits per heavy atom. The molecule has 1 aromatic heterocycles. The number of aryl methyl sites for hydroxylation is 1. The van der Waals surface area contributed by atoms with Crippen molar-refractivity contribution in [2.24, 2.45) is 7.05 Å². The second kappa shape index (κ2) is 7.46. The zero-order valence-electron chi connectivity index (χ0n) is 12.9. The van der Waals surface area contributed by atoms with Gasteiger partial charge in [0.25, 0.3) is 12.0 Å². The Hall–Kier alpha value is -1.70. The van der Waals surface area contributed by atoms with Crippen LogP contribution < -0.4 is 5.56 Å². The highest BCUT2D eigenvalue weighted by molar-refractivity contribution is 6.38. The molecule has 5 nitrogen and oxygen atoms in total. The first-order valence-corrected chi connectivity index (χ1v) is 7.70. The van der Waals surface area contributed by atoms with E-state index in [1.54, 1.807) is 0 Å². The van der Waals surface area contributed by atoms with Crippen LogP contribution in [0.4, 0.5) is 8.78 Å². The highest BCUT2D eigenvalue weighted by Gasteiger charge is 2.22. The third kappa shape index (κ3) is 3.85. The summed E-state index contributed by atoms with van der Waals surface area (Å²) in [5.41, 5.74) is -0.0890. The number of halogens is 4. The van der Waals surface area contributed by atoms with Gasteiger partial charge in [-0.05, 0) is 19.2 Å². The summed E-state index contributed by atoms with van der Waals surface area (Å²) in [5.74, 6) is -0.559. The number of nitrogens with zero attached hydrogens (tertiary/aromatic N) is 2. The van der Waals surface area contributed by atoms with Crippen molar-refractivity contribution >= 4 is 29.0 Å². The number of aromatic amines is 1. The molecule has 1 heterocycles. The van der Waals surface area contributed by atoms with Crippen LogP contribution in [0.1, 0.15) is 21.5 Å². The van der Waals surface area contributed by atoms with Gasteiger partial charge < -0.3 is 5.10 Å². The van der Waals surface area contributed by atoms with Crippen LogP contribution in [-0.2, 0) is 13.6 Å². The second-order valence-electron chi connectivity index (χ2n) is 5.36. The average Bonchev–Trinajstić information content (AvgIpc) is 2.82. The number of benzene rings is 1. The zero-order chi connectivity index (χ0) is 18.0. The van der Waals surface area contributed by atoms with Gasteiger partial charge in [-0.2, -0.15) is 0 Å². The lowest BCUT2D eigenvalue weighted by Gasteiger charge is -2.18. The van der Waals surface area contributed by atoms with Crippen LogP contribution in [0, 0.1) is 0 Å². The number of H-pyrrole nitrogens is 1. The third-order valence-electron chi connectivity index (χ3n) is 3.49. The molecule has 2 rings (SSSR count). The van der Waals surface area contributed by atoms with Gasteiger partial charge in [0.2, 0.25) is 5.78 Å². The predicted molar refractivity (Wildman–Crippen MR) is 88.3 cm³/mol. The van der Waals surface area contributed by atoms with Gasteiger partial charge >= 0.3 is 0 Å². The van der Waals surface area contributed by atoms with Gasteiger partial charge in [0.1, 0.15) is 5.56 Å². The standard InChI is InChI=1S/C15H15Cl2F2N3O2/c1-21(7-12(18)19)6-10-11(16)4-3-8(13(10)17)14(23)9-5-20-22(2)15(9)24/h3-5,12,20H,6-7H2,1-2H3. The Kier molecular flexibility index (Phi) is 5.79. The molecule has 0 bridgehead atoms. The van der Waals surface area contributed by atoms with Crippen molar-refractivity contribution in [3.8, 4) is 0 Å². The molecular weight excluding hydrogens is 363 g/mol. The van der Waals surface area contributed by atoms with E-state index in [1.165, 1.54) is 37.3 Å². The number of ketones is 1. The lowest BCUT2D eigenvalue weighted by molar-refractivity contribution is 0.0973. The molecule has 0 aliphatic heterocycles. The van der Waals surface area contributed by atoms with Gasteiger partial charge in [-0.1, -0.05) is 23.2 Å². The first-order valence-electron chi connectivity index (χ1n) is 6.95. The van der Waals surface area contributed by atoms with Crippen LogP contribution in [0.2, 0.25) is 10.0 Å². The van der Waals surface area contributed by atoms with Gasteiger partial charge in [-0.3, -0.25) is 19.2 Å². The minimum atomic E-state index is -2.50. The Bertz CT molecular complexity index is 818. The maximum Gasteiger partial charge on any atom is 0.277 e. The molecule has 24 heavy (non-hydrogen) atoms. The van der Waals surface area contributed by atoms with E-state index in [1.807, 2.05) is 0 Å².